The predicted octanol–water partition coefficient (Wildman–Crippen LogP) is 3.57. The largest absolute Gasteiger partial charge is 0.329 e. The van der Waals surface area contributed by atoms with E-state index in [0.29, 0.717) is 27.8 Å². The van der Waals surface area contributed by atoms with Gasteiger partial charge in [0.1, 0.15) is 6.04 Å². The number of allylic oxidation sites excluding steroid dienone is 1. The highest BCUT2D eigenvalue weighted by molar-refractivity contribution is 6.30. The van der Waals surface area contributed by atoms with Crippen molar-refractivity contribution in [1.82, 2.24) is 10.6 Å². The summed E-state index contributed by atoms with van der Waals surface area (Å²) in [5.41, 5.74) is 2.60. The number of nitriles is 1. The molecule has 1 aliphatic rings. The summed E-state index contributed by atoms with van der Waals surface area (Å²) in [4.78, 5) is 17.5. The molecule has 25 heavy (non-hydrogen) atoms. The normalized spacial score (nSPS) is 16.5. The number of rotatable bonds is 3. The zero-order valence-corrected chi connectivity index (χ0v) is 14.2. The first-order chi connectivity index (χ1) is 12.1. The topological polar surface area (TPSA) is 77.3 Å². The SMILES string of the molecule is CC1=C(C(=O)c2ccccc2)C(c2ccc(Cl)cc2)N=C(NC#N)N1. The molecule has 0 aliphatic carbocycles. The Bertz CT molecular complexity index is 895. The zero-order chi connectivity index (χ0) is 17.8. The Morgan fingerprint density at radius 2 is 1.88 bits per heavy atom. The second-order valence-corrected chi connectivity index (χ2v) is 5.96. The van der Waals surface area contributed by atoms with Crippen LogP contribution in [0, 0.1) is 11.5 Å². The third-order valence-electron chi connectivity index (χ3n) is 3.88. The number of carbonyl (C=O) groups excluding carboxylic acids is 1. The summed E-state index contributed by atoms with van der Waals surface area (Å²) in [6.07, 6.45) is 1.84. The molecule has 0 aromatic heterocycles. The molecule has 6 heteroatoms. The van der Waals surface area contributed by atoms with Crippen molar-refractivity contribution in [3.05, 3.63) is 82.0 Å². The van der Waals surface area contributed by atoms with Crippen molar-refractivity contribution in [3.8, 4) is 6.19 Å². The molecule has 5 nitrogen and oxygen atoms in total. The van der Waals surface area contributed by atoms with Crippen LogP contribution in [0.25, 0.3) is 0 Å². The molecule has 0 fully saturated rings. The molecule has 124 valence electrons. The van der Waals surface area contributed by atoms with E-state index in [4.69, 9.17) is 16.9 Å². The summed E-state index contributed by atoms with van der Waals surface area (Å²) >= 11 is 5.97. The van der Waals surface area contributed by atoms with Gasteiger partial charge in [0.15, 0.2) is 12.0 Å². The number of halogens is 1. The Balaban J connectivity index is 2.07. The first-order valence-electron chi connectivity index (χ1n) is 7.66. The summed E-state index contributed by atoms with van der Waals surface area (Å²) in [7, 11) is 0. The van der Waals surface area contributed by atoms with Crippen LogP contribution in [0.3, 0.4) is 0 Å². The summed E-state index contributed by atoms with van der Waals surface area (Å²) in [5, 5.41) is 15.0. The van der Waals surface area contributed by atoms with Crippen molar-refractivity contribution >= 4 is 23.3 Å². The average Bonchev–Trinajstić information content (AvgIpc) is 2.62. The molecule has 1 aliphatic heterocycles. The number of benzene rings is 2. The number of nitrogens with one attached hydrogen (secondary N) is 2. The number of hydrogen-bond acceptors (Lipinski definition) is 5. The molecular formula is C19H15ClN4O. The van der Waals surface area contributed by atoms with Crippen LogP contribution in [0.1, 0.15) is 28.9 Å². The molecule has 0 saturated heterocycles. The highest BCUT2D eigenvalue weighted by atomic mass is 35.5. The second-order valence-electron chi connectivity index (χ2n) is 5.53. The molecule has 1 atom stereocenters. The van der Waals surface area contributed by atoms with Gasteiger partial charge in [-0.2, -0.15) is 5.26 Å². The van der Waals surface area contributed by atoms with Crippen LogP contribution in [0.4, 0.5) is 0 Å². The summed E-state index contributed by atoms with van der Waals surface area (Å²) in [6, 6.07) is 15.7. The lowest BCUT2D eigenvalue weighted by atomic mass is 9.90. The monoisotopic (exact) mass is 350 g/mol. The van der Waals surface area contributed by atoms with E-state index in [2.05, 4.69) is 15.6 Å². The minimum absolute atomic E-state index is 0.106. The van der Waals surface area contributed by atoms with Crippen LogP contribution in [0.2, 0.25) is 5.02 Å². The van der Waals surface area contributed by atoms with Gasteiger partial charge in [-0.05, 0) is 24.6 Å². The molecule has 0 spiro atoms. The number of Topliss-reactive ketones (excluding diaryl/α,β-unsaturated/α-hetero) is 1. The zero-order valence-electron chi connectivity index (χ0n) is 13.5. The predicted molar refractivity (Wildman–Crippen MR) is 97.0 cm³/mol. The van der Waals surface area contributed by atoms with Crippen molar-refractivity contribution in [3.63, 3.8) is 0 Å². The summed E-state index contributed by atoms with van der Waals surface area (Å²) in [5.74, 6) is 0.204. The van der Waals surface area contributed by atoms with Crippen molar-refractivity contribution in [1.29, 1.82) is 5.26 Å². The molecule has 0 radical (unpaired) electrons. The van der Waals surface area contributed by atoms with Crippen molar-refractivity contribution in [2.45, 2.75) is 13.0 Å². The molecule has 2 aromatic carbocycles. The molecule has 1 heterocycles. The Labute approximate surface area is 150 Å². The van der Waals surface area contributed by atoms with Gasteiger partial charge < -0.3 is 5.32 Å². The Hall–Kier alpha value is -3.10. The highest BCUT2D eigenvalue weighted by Gasteiger charge is 2.29. The first-order valence-corrected chi connectivity index (χ1v) is 8.04. The molecule has 0 amide bonds. The lowest BCUT2D eigenvalue weighted by Crippen LogP contribution is -2.38. The minimum atomic E-state index is -0.526. The fraction of sp³-hybridized carbons (Fsp3) is 0.105. The van der Waals surface area contributed by atoms with Gasteiger partial charge in [-0.3, -0.25) is 10.1 Å². The molecule has 0 bridgehead atoms. The molecule has 1 unspecified atom stereocenters. The fourth-order valence-electron chi connectivity index (χ4n) is 2.72. The molecular weight excluding hydrogens is 336 g/mol. The van der Waals surface area contributed by atoms with Crippen LogP contribution < -0.4 is 10.6 Å². The maximum atomic E-state index is 13.0. The van der Waals surface area contributed by atoms with E-state index in [1.807, 2.05) is 36.5 Å². The van der Waals surface area contributed by atoms with E-state index >= 15 is 0 Å². The van der Waals surface area contributed by atoms with Crippen molar-refractivity contribution < 1.29 is 4.79 Å². The smallest absolute Gasteiger partial charge is 0.209 e. The lowest BCUT2D eigenvalue weighted by Gasteiger charge is -2.26. The van der Waals surface area contributed by atoms with Crippen LogP contribution in [0.15, 0.2) is 70.9 Å². The summed E-state index contributed by atoms with van der Waals surface area (Å²) in [6.45, 7) is 1.80. The van der Waals surface area contributed by atoms with Gasteiger partial charge in [0.2, 0.25) is 5.96 Å². The van der Waals surface area contributed by atoms with Gasteiger partial charge in [0, 0.05) is 21.9 Å². The molecule has 2 aromatic rings. The highest BCUT2D eigenvalue weighted by Crippen LogP contribution is 2.33. The first kappa shape index (κ1) is 16.7. The van der Waals surface area contributed by atoms with Gasteiger partial charge in [-0.25, -0.2) is 4.99 Å². The van der Waals surface area contributed by atoms with Gasteiger partial charge in [0.05, 0.1) is 0 Å². The maximum absolute atomic E-state index is 13.0. The molecule has 0 saturated carbocycles. The Morgan fingerprint density at radius 1 is 1.20 bits per heavy atom. The van der Waals surface area contributed by atoms with E-state index in [9.17, 15) is 4.79 Å². The van der Waals surface area contributed by atoms with Crippen LogP contribution in [-0.2, 0) is 0 Å². The maximum Gasteiger partial charge on any atom is 0.209 e. The van der Waals surface area contributed by atoms with E-state index in [1.54, 1.807) is 31.2 Å². The van der Waals surface area contributed by atoms with Gasteiger partial charge in [0.25, 0.3) is 0 Å². The van der Waals surface area contributed by atoms with Gasteiger partial charge in [-0.15, -0.1) is 0 Å². The number of ketones is 1. The van der Waals surface area contributed by atoms with E-state index < -0.39 is 6.04 Å². The lowest BCUT2D eigenvalue weighted by molar-refractivity contribution is 0.102. The van der Waals surface area contributed by atoms with E-state index in [-0.39, 0.29) is 5.78 Å². The molecule has 2 N–H and O–H groups in total. The van der Waals surface area contributed by atoms with Crippen LogP contribution in [-0.4, -0.2) is 11.7 Å². The standard InChI is InChI=1S/C19H15ClN4O/c1-12-16(18(25)14-5-3-2-4-6-14)17(24-19(23-12)22-11-21)13-7-9-15(20)10-8-13/h2-10,17H,1H3,(H2,22,23,24). The van der Waals surface area contributed by atoms with Crippen molar-refractivity contribution in [2.75, 3.05) is 0 Å². The quantitative estimate of drug-likeness (QED) is 0.504. The van der Waals surface area contributed by atoms with Crippen LogP contribution >= 0.6 is 11.6 Å². The van der Waals surface area contributed by atoms with Crippen molar-refractivity contribution in [2.24, 2.45) is 4.99 Å². The van der Waals surface area contributed by atoms with E-state index in [0.717, 1.165) is 5.56 Å². The number of nitrogens with zero attached hydrogens (tertiary/aromatic N) is 2. The van der Waals surface area contributed by atoms with Crippen LogP contribution in [0.5, 0.6) is 0 Å². The number of carbonyl (C=O) groups is 1. The van der Waals surface area contributed by atoms with Gasteiger partial charge in [-0.1, -0.05) is 54.1 Å². The average molecular weight is 351 g/mol. The third-order valence-corrected chi connectivity index (χ3v) is 4.13. The second kappa shape index (κ2) is 7.20. The third kappa shape index (κ3) is 3.54. The number of guanidine groups is 1. The van der Waals surface area contributed by atoms with Gasteiger partial charge >= 0.3 is 0 Å². The Morgan fingerprint density at radius 3 is 2.52 bits per heavy atom. The number of hydrogen-bond donors (Lipinski definition) is 2. The molecule has 3 rings (SSSR count). The van der Waals surface area contributed by atoms with E-state index in [1.165, 1.54) is 0 Å². The minimum Gasteiger partial charge on any atom is -0.329 e. The fourth-order valence-corrected chi connectivity index (χ4v) is 2.84. The summed E-state index contributed by atoms with van der Waals surface area (Å²) < 4.78 is 0. The Kier molecular flexibility index (Phi) is 4.82. The number of aliphatic imine (C=N–C) groups is 1.